The van der Waals surface area contributed by atoms with E-state index in [9.17, 15) is 18.8 Å². The van der Waals surface area contributed by atoms with Crippen molar-refractivity contribution in [1.29, 1.82) is 0 Å². The SMILES string of the molecule is CC(C)c1nccc(CCC(=O)OC(C)(C)C)c1NC(=O)NC(=O)c1cc(F)c(Cl)nc1Cl. The zero-order valence-corrected chi connectivity index (χ0v) is 20.4. The fourth-order valence-electron chi connectivity index (χ4n) is 2.86. The first kappa shape index (κ1) is 26.5. The highest BCUT2D eigenvalue weighted by Crippen LogP contribution is 2.27. The van der Waals surface area contributed by atoms with Crippen LogP contribution >= 0.6 is 23.2 Å². The van der Waals surface area contributed by atoms with Gasteiger partial charge in [0, 0.05) is 12.6 Å². The monoisotopic (exact) mass is 498 g/mol. The quantitative estimate of drug-likeness (QED) is 0.413. The second kappa shape index (κ2) is 10.9. The van der Waals surface area contributed by atoms with Gasteiger partial charge in [-0.1, -0.05) is 37.0 Å². The molecule has 0 saturated heterocycles. The largest absolute Gasteiger partial charge is 0.460 e. The van der Waals surface area contributed by atoms with E-state index in [2.05, 4.69) is 20.6 Å². The number of aryl methyl sites for hydroxylation is 1. The van der Waals surface area contributed by atoms with Gasteiger partial charge in [0.1, 0.15) is 10.8 Å². The van der Waals surface area contributed by atoms with Crippen molar-refractivity contribution in [3.05, 3.63) is 51.3 Å². The molecule has 2 heterocycles. The predicted octanol–water partition coefficient (Wildman–Crippen LogP) is 5.28. The number of imide groups is 1. The Kier molecular flexibility index (Phi) is 8.74. The summed E-state index contributed by atoms with van der Waals surface area (Å²) in [5, 5.41) is 3.84. The van der Waals surface area contributed by atoms with Crippen molar-refractivity contribution in [3.63, 3.8) is 0 Å². The summed E-state index contributed by atoms with van der Waals surface area (Å²) in [4.78, 5) is 44.9. The van der Waals surface area contributed by atoms with E-state index >= 15 is 0 Å². The van der Waals surface area contributed by atoms with Crippen molar-refractivity contribution >= 4 is 46.8 Å². The lowest BCUT2D eigenvalue weighted by molar-refractivity contribution is -0.154. The molecule has 0 spiro atoms. The lowest BCUT2D eigenvalue weighted by atomic mass is 10.0. The summed E-state index contributed by atoms with van der Waals surface area (Å²) in [7, 11) is 0. The molecule has 0 radical (unpaired) electrons. The fraction of sp³-hybridized carbons (Fsp3) is 0.409. The van der Waals surface area contributed by atoms with Crippen LogP contribution in [0.5, 0.6) is 0 Å². The van der Waals surface area contributed by atoms with Crippen LogP contribution in [0.4, 0.5) is 14.9 Å². The molecule has 0 aliphatic carbocycles. The van der Waals surface area contributed by atoms with Gasteiger partial charge in [0.05, 0.1) is 16.9 Å². The van der Waals surface area contributed by atoms with Gasteiger partial charge in [-0.15, -0.1) is 0 Å². The van der Waals surface area contributed by atoms with Crippen LogP contribution in [-0.2, 0) is 16.0 Å². The van der Waals surface area contributed by atoms with E-state index < -0.39 is 28.5 Å². The topological polar surface area (TPSA) is 110 Å². The van der Waals surface area contributed by atoms with E-state index in [-0.39, 0.29) is 35.4 Å². The summed E-state index contributed by atoms with van der Waals surface area (Å²) in [6, 6.07) is 1.57. The average molecular weight is 499 g/mol. The molecule has 33 heavy (non-hydrogen) atoms. The molecule has 2 aromatic rings. The maximum atomic E-state index is 13.7. The molecule has 0 aromatic carbocycles. The molecule has 2 aromatic heterocycles. The summed E-state index contributed by atoms with van der Waals surface area (Å²) in [5.74, 6) is -2.37. The third-order valence-electron chi connectivity index (χ3n) is 4.23. The minimum atomic E-state index is -0.967. The maximum absolute atomic E-state index is 13.7. The highest BCUT2D eigenvalue weighted by Gasteiger charge is 2.22. The number of nitrogens with one attached hydrogen (secondary N) is 2. The minimum Gasteiger partial charge on any atom is -0.460 e. The van der Waals surface area contributed by atoms with Crippen LogP contribution in [0.15, 0.2) is 18.3 Å². The highest BCUT2D eigenvalue weighted by atomic mass is 35.5. The summed E-state index contributed by atoms with van der Waals surface area (Å²) in [6.45, 7) is 9.09. The van der Waals surface area contributed by atoms with Gasteiger partial charge in [-0.3, -0.25) is 19.9 Å². The second-order valence-corrected chi connectivity index (χ2v) is 9.20. The lowest BCUT2D eigenvalue weighted by Crippen LogP contribution is -2.35. The van der Waals surface area contributed by atoms with Crippen LogP contribution < -0.4 is 10.6 Å². The molecule has 8 nitrogen and oxygen atoms in total. The van der Waals surface area contributed by atoms with E-state index in [1.54, 1.807) is 33.0 Å². The molecule has 0 unspecified atom stereocenters. The number of carbonyl (C=O) groups is 3. The molecule has 0 saturated carbocycles. The first-order chi connectivity index (χ1) is 15.3. The lowest BCUT2D eigenvalue weighted by Gasteiger charge is -2.20. The summed E-state index contributed by atoms with van der Waals surface area (Å²) < 4.78 is 19.0. The van der Waals surface area contributed by atoms with Crippen LogP contribution in [0.3, 0.4) is 0 Å². The molecule has 3 amide bonds. The minimum absolute atomic E-state index is 0.0681. The number of halogens is 3. The van der Waals surface area contributed by atoms with Crippen LogP contribution in [0.25, 0.3) is 0 Å². The van der Waals surface area contributed by atoms with E-state index in [0.29, 0.717) is 16.9 Å². The first-order valence-corrected chi connectivity index (χ1v) is 10.9. The Bertz CT molecular complexity index is 1070. The van der Waals surface area contributed by atoms with E-state index in [0.717, 1.165) is 6.07 Å². The number of hydrogen-bond acceptors (Lipinski definition) is 6. The number of esters is 1. The number of amides is 3. The van der Waals surface area contributed by atoms with Crippen molar-refractivity contribution < 1.29 is 23.5 Å². The van der Waals surface area contributed by atoms with Gasteiger partial charge >= 0.3 is 12.0 Å². The van der Waals surface area contributed by atoms with Crippen LogP contribution in [-0.4, -0.2) is 33.5 Å². The van der Waals surface area contributed by atoms with Gasteiger partial charge in [-0.2, -0.15) is 0 Å². The second-order valence-electron chi connectivity index (χ2n) is 8.48. The highest BCUT2D eigenvalue weighted by molar-refractivity contribution is 6.35. The van der Waals surface area contributed by atoms with Crippen molar-refractivity contribution in [1.82, 2.24) is 15.3 Å². The predicted molar refractivity (Wildman–Crippen MR) is 123 cm³/mol. The van der Waals surface area contributed by atoms with Gasteiger partial charge in [0.2, 0.25) is 0 Å². The molecule has 0 aliphatic rings. The summed E-state index contributed by atoms with van der Waals surface area (Å²) >= 11 is 11.4. The molecule has 2 rings (SSSR count). The number of hydrogen-bond donors (Lipinski definition) is 2. The Morgan fingerprint density at radius 2 is 1.85 bits per heavy atom. The van der Waals surface area contributed by atoms with Crippen LogP contribution in [0.1, 0.15) is 68.6 Å². The van der Waals surface area contributed by atoms with Gasteiger partial charge in [-0.05, 0) is 50.8 Å². The number of carbonyl (C=O) groups excluding carboxylic acids is 3. The summed E-state index contributed by atoms with van der Waals surface area (Å²) in [5.41, 5.74) is 0.606. The molecular weight excluding hydrogens is 474 g/mol. The number of urea groups is 1. The fourth-order valence-corrected chi connectivity index (χ4v) is 3.27. The van der Waals surface area contributed by atoms with Crippen molar-refractivity contribution in [3.8, 4) is 0 Å². The normalized spacial score (nSPS) is 11.3. The Labute approximate surface area is 201 Å². The van der Waals surface area contributed by atoms with E-state index in [1.807, 2.05) is 13.8 Å². The van der Waals surface area contributed by atoms with Gasteiger partial charge in [0.15, 0.2) is 11.0 Å². The van der Waals surface area contributed by atoms with Crippen LogP contribution in [0.2, 0.25) is 10.3 Å². The molecule has 0 aliphatic heterocycles. The molecule has 0 bridgehead atoms. The van der Waals surface area contributed by atoms with Crippen molar-refractivity contribution in [2.24, 2.45) is 0 Å². The number of aromatic nitrogens is 2. The van der Waals surface area contributed by atoms with E-state index in [1.165, 1.54) is 0 Å². The van der Waals surface area contributed by atoms with Gasteiger partial charge in [-0.25, -0.2) is 14.2 Å². The smallest absolute Gasteiger partial charge is 0.326 e. The van der Waals surface area contributed by atoms with Crippen molar-refractivity contribution in [2.45, 2.75) is 59.0 Å². The van der Waals surface area contributed by atoms with E-state index in [4.69, 9.17) is 27.9 Å². The Morgan fingerprint density at radius 3 is 2.45 bits per heavy atom. The number of pyridine rings is 2. The number of rotatable bonds is 6. The zero-order chi connectivity index (χ0) is 24.9. The third kappa shape index (κ3) is 7.64. The molecule has 0 atom stereocenters. The molecule has 2 N–H and O–H groups in total. The average Bonchev–Trinajstić information content (AvgIpc) is 2.68. The molecular formula is C22H25Cl2FN4O4. The van der Waals surface area contributed by atoms with Crippen molar-refractivity contribution in [2.75, 3.05) is 5.32 Å². The Hall–Kier alpha value is -2.78. The van der Waals surface area contributed by atoms with Gasteiger partial charge in [0.25, 0.3) is 5.91 Å². The number of nitrogens with zero attached hydrogens (tertiary/aromatic N) is 2. The zero-order valence-electron chi connectivity index (χ0n) is 18.9. The third-order valence-corrected chi connectivity index (χ3v) is 4.78. The maximum Gasteiger partial charge on any atom is 0.326 e. The first-order valence-electron chi connectivity index (χ1n) is 10.1. The molecule has 178 valence electrons. The Balaban J connectivity index is 2.21. The number of ether oxygens (including phenoxy) is 1. The molecule has 0 fully saturated rings. The molecule has 11 heteroatoms. The summed E-state index contributed by atoms with van der Waals surface area (Å²) in [6.07, 6.45) is 1.94. The van der Waals surface area contributed by atoms with Crippen LogP contribution in [0, 0.1) is 5.82 Å². The standard InChI is InChI=1S/C22H25Cl2FN4O4/c1-11(2)16-17(12(8-9-26-16)6-7-15(30)33-22(3,4)5)27-21(32)29-20(31)13-10-14(25)19(24)28-18(13)23/h8-11H,6-7H2,1-5H3,(H2,27,29,31,32). The Morgan fingerprint density at radius 1 is 1.18 bits per heavy atom. The number of anilines is 1. The van der Waals surface area contributed by atoms with Gasteiger partial charge < -0.3 is 10.1 Å².